The lowest BCUT2D eigenvalue weighted by Gasteiger charge is -2.34. The third-order valence-electron chi connectivity index (χ3n) is 5.29. The van der Waals surface area contributed by atoms with Gasteiger partial charge in [0.15, 0.2) is 11.9 Å². The number of ether oxygens (including phenoxy) is 1. The number of allylic oxidation sites excluding steroid dienone is 2. The number of fused-ring (bicyclic) bond motifs is 3. The number of thioether (sulfide) groups is 1. The molecule has 0 fully saturated rings. The summed E-state index contributed by atoms with van der Waals surface area (Å²) in [5.74, 6) is 2.49. The Balaban J connectivity index is 1.72. The molecule has 4 rings (SSSR count). The highest BCUT2D eigenvalue weighted by Gasteiger charge is 2.34. The highest BCUT2D eigenvalue weighted by Crippen LogP contribution is 2.40. The second kappa shape index (κ2) is 7.89. The summed E-state index contributed by atoms with van der Waals surface area (Å²) in [5.41, 5.74) is 4.22. The first-order valence-electron chi connectivity index (χ1n) is 9.71. The van der Waals surface area contributed by atoms with Crippen molar-refractivity contribution in [1.82, 2.24) is 15.2 Å². The molecule has 1 aromatic carbocycles. The number of aromatic nitrogens is 3. The van der Waals surface area contributed by atoms with Gasteiger partial charge in [-0.15, -0.1) is 10.2 Å². The van der Waals surface area contributed by atoms with Crippen LogP contribution in [-0.2, 0) is 0 Å². The zero-order valence-electron chi connectivity index (χ0n) is 16.1. The summed E-state index contributed by atoms with van der Waals surface area (Å²) < 4.78 is 6.44. The number of rotatable bonds is 4. The molecule has 142 valence electrons. The molecule has 0 bridgehead atoms. The maximum atomic E-state index is 6.44. The summed E-state index contributed by atoms with van der Waals surface area (Å²) in [6, 6.07) is 8.18. The predicted octanol–water partition coefficient (Wildman–Crippen LogP) is 5.16. The molecular formula is C21H26N4OS. The standard InChI is InChI=1S/C21H26N4OS/c1-4-11-27-21-23-20-18(24-25-21)16-7-5-6-8-17(16)22-19(26-20)15-10-9-13(2)12-14(15)3/h5-9,14-15,19,22H,4,10-12H2,1-3H3/t14-,15+,19+/m0/s1. The van der Waals surface area contributed by atoms with Gasteiger partial charge in [-0.3, -0.25) is 0 Å². The Kier molecular flexibility index (Phi) is 5.34. The highest BCUT2D eigenvalue weighted by atomic mass is 32.2. The van der Waals surface area contributed by atoms with Crippen LogP contribution in [0.5, 0.6) is 5.88 Å². The van der Waals surface area contributed by atoms with Crippen LogP contribution in [0.4, 0.5) is 5.69 Å². The van der Waals surface area contributed by atoms with E-state index in [2.05, 4.69) is 54.5 Å². The number of hydrogen-bond donors (Lipinski definition) is 1. The molecular weight excluding hydrogens is 356 g/mol. The summed E-state index contributed by atoms with van der Waals surface area (Å²) in [6.07, 6.45) is 5.41. The minimum Gasteiger partial charge on any atom is -0.452 e. The zero-order chi connectivity index (χ0) is 18.8. The van der Waals surface area contributed by atoms with E-state index in [1.54, 1.807) is 11.8 Å². The fraction of sp³-hybridized carbons (Fsp3) is 0.476. The van der Waals surface area contributed by atoms with Crippen LogP contribution in [0.2, 0.25) is 0 Å². The molecule has 2 heterocycles. The minimum atomic E-state index is -0.132. The Labute approximate surface area is 165 Å². The monoisotopic (exact) mass is 382 g/mol. The van der Waals surface area contributed by atoms with Crippen molar-refractivity contribution in [3.8, 4) is 17.1 Å². The van der Waals surface area contributed by atoms with Crippen LogP contribution in [0.15, 0.2) is 41.1 Å². The summed E-state index contributed by atoms with van der Waals surface area (Å²) in [4.78, 5) is 4.71. The van der Waals surface area contributed by atoms with E-state index in [-0.39, 0.29) is 6.23 Å². The van der Waals surface area contributed by atoms with E-state index in [1.165, 1.54) is 5.57 Å². The Morgan fingerprint density at radius 3 is 2.93 bits per heavy atom. The maximum absolute atomic E-state index is 6.44. The molecule has 5 nitrogen and oxygen atoms in total. The van der Waals surface area contributed by atoms with Crippen molar-refractivity contribution < 1.29 is 4.74 Å². The predicted molar refractivity (Wildman–Crippen MR) is 110 cm³/mol. The van der Waals surface area contributed by atoms with Gasteiger partial charge >= 0.3 is 0 Å². The first-order valence-corrected chi connectivity index (χ1v) is 10.7. The summed E-state index contributed by atoms with van der Waals surface area (Å²) in [5, 5.41) is 13.1. The topological polar surface area (TPSA) is 59.9 Å². The summed E-state index contributed by atoms with van der Waals surface area (Å²) in [7, 11) is 0. The lowest BCUT2D eigenvalue weighted by atomic mass is 9.80. The van der Waals surface area contributed by atoms with Gasteiger partial charge in [0.05, 0.1) is 0 Å². The molecule has 1 N–H and O–H groups in total. The van der Waals surface area contributed by atoms with Gasteiger partial charge in [-0.05, 0) is 38.2 Å². The van der Waals surface area contributed by atoms with Crippen LogP contribution in [-0.4, -0.2) is 27.2 Å². The minimum absolute atomic E-state index is 0.132. The molecule has 27 heavy (non-hydrogen) atoms. The molecule has 0 unspecified atom stereocenters. The lowest BCUT2D eigenvalue weighted by Crippen LogP contribution is -2.39. The highest BCUT2D eigenvalue weighted by molar-refractivity contribution is 7.99. The van der Waals surface area contributed by atoms with E-state index in [1.807, 2.05) is 12.1 Å². The van der Waals surface area contributed by atoms with Crippen molar-refractivity contribution in [3.05, 3.63) is 35.9 Å². The summed E-state index contributed by atoms with van der Waals surface area (Å²) in [6.45, 7) is 6.67. The van der Waals surface area contributed by atoms with Crippen molar-refractivity contribution >= 4 is 17.4 Å². The molecule has 1 aromatic heterocycles. The van der Waals surface area contributed by atoms with Crippen molar-refractivity contribution in [1.29, 1.82) is 0 Å². The van der Waals surface area contributed by atoms with Gasteiger partial charge in [0.25, 0.3) is 0 Å². The van der Waals surface area contributed by atoms with Gasteiger partial charge in [0.1, 0.15) is 0 Å². The maximum Gasteiger partial charge on any atom is 0.247 e. The molecule has 0 amide bonds. The van der Waals surface area contributed by atoms with Gasteiger partial charge in [-0.1, -0.05) is 55.5 Å². The first kappa shape index (κ1) is 18.3. The van der Waals surface area contributed by atoms with Crippen LogP contribution in [0.1, 0.15) is 40.0 Å². The number of nitrogens with one attached hydrogen (secondary N) is 1. The SMILES string of the molecule is CCCSc1nnc2c(n1)O[C@H]([C@@H]1CC=C(C)C[C@@H]1C)Nc1ccccc1-2. The van der Waals surface area contributed by atoms with Crippen LogP contribution in [0.25, 0.3) is 11.3 Å². The Hall–Kier alpha value is -2.08. The second-order valence-electron chi connectivity index (χ2n) is 7.46. The van der Waals surface area contributed by atoms with Gasteiger partial charge < -0.3 is 10.1 Å². The van der Waals surface area contributed by atoms with Gasteiger partial charge in [-0.2, -0.15) is 4.98 Å². The average Bonchev–Trinajstić information content (AvgIpc) is 2.82. The fourth-order valence-electron chi connectivity index (χ4n) is 3.85. The van der Waals surface area contributed by atoms with E-state index < -0.39 is 0 Å². The van der Waals surface area contributed by atoms with Gasteiger partial charge in [0, 0.05) is 22.9 Å². The number of nitrogens with zero attached hydrogens (tertiary/aromatic N) is 3. The number of para-hydroxylation sites is 1. The van der Waals surface area contributed by atoms with Crippen LogP contribution >= 0.6 is 11.8 Å². The molecule has 6 heteroatoms. The van der Waals surface area contributed by atoms with Crippen LogP contribution in [0.3, 0.4) is 0 Å². The van der Waals surface area contributed by atoms with E-state index in [9.17, 15) is 0 Å². The Morgan fingerprint density at radius 2 is 2.11 bits per heavy atom. The fourth-order valence-corrected chi connectivity index (χ4v) is 4.48. The number of anilines is 1. The number of benzene rings is 1. The third-order valence-corrected chi connectivity index (χ3v) is 6.33. The second-order valence-corrected chi connectivity index (χ2v) is 8.52. The number of hydrogen-bond acceptors (Lipinski definition) is 6. The average molecular weight is 383 g/mol. The van der Waals surface area contributed by atoms with Gasteiger partial charge in [0.2, 0.25) is 11.0 Å². The van der Waals surface area contributed by atoms with Crippen molar-refractivity contribution in [3.63, 3.8) is 0 Å². The van der Waals surface area contributed by atoms with Crippen LogP contribution in [0, 0.1) is 11.8 Å². The molecule has 0 saturated carbocycles. The van der Waals surface area contributed by atoms with Crippen molar-refractivity contribution in [2.24, 2.45) is 11.8 Å². The molecule has 1 aliphatic carbocycles. The first-order chi connectivity index (χ1) is 13.2. The van der Waals surface area contributed by atoms with E-state index in [4.69, 9.17) is 9.72 Å². The Morgan fingerprint density at radius 1 is 1.26 bits per heavy atom. The van der Waals surface area contributed by atoms with Gasteiger partial charge in [-0.25, -0.2) is 0 Å². The van der Waals surface area contributed by atoms with E-state index in [0.29, 0.717) is 22.9 Å². The molecule has 1 aliphatic heterocycles. The summed E-state index contributed by atoms with van der Waals surface area (Å²) >= 11 is 1.62. The quantitative estimate of drug-likeness (QED) is 0.582. The third kappa shape index (κ3) is 3.81. The van der Waals surface area contributed by atoms with E-state index in [0.717, 1.165) is 42.0 Å². The lowest BCUT2D eigenvalue weighted by molar-refractivity contribution is 0.114. The van der Waals surface area contributed by atoms with Crippen molar-refractivity contribution in [2.45, 2.75) is 51.4 Å². The zero-order valence-corrected chi connectivity index (χ0v) is 16.9. The molecule has 2 aliphatic rings. The Bertz CT molecular complexity index is 854. The largest absolute Gasteiger partial charge is 0.452 e. The molecule has 0 radical (unpaired) electrons. The molecule has 0 saturated heterocycles. The molecule has 3 atom stereocenters. The van der Waals surface area contributed by atoms with Crippen molar-refractivity contribution in [2.75, 3.05) is 11.1 Å². The molecule has 2 aromatic rings. The smallest absolute Gasteiger partial charge is 0.247 e. The van der Waals surface area contributed by atoms with Crippen LogP contribution < -0.4 is 10.1 Å². The van der Waals surface area contributed by atoms with E-state index >= 15 is 0 Å². The molecule has 0 spiro atoms. The normalized spacial score (nSPS) is 24.0.